The number of nitrogens with zero attached hydrogens (tertiary/aromatic N) is 4. The van der Waals surface area contributed by atoms with Crippen LogP contribution in [0.3, 0.4) is 0 Å². The largest absolute Gasteiger partial charge is 0.465 e. The first kappa shape index (κ1) is 25.8. The van der Waals surface area contributed by atoms with E-state index in [4.69, 9.17) is 14.2 Å². The van der Waals surface area contributed by atoms with E-state index in [1.807, 2.05) is 6.07 Å². The molecule has 0 saturated heterocycles. The zero-order chi connectivity index (χ0) is 26.3. The third kappa shape index (κ3) is 6.64. The van der Waals surface area contributed by atoms with Crippen LogP contribution >= 0.6 is 0 Å². The van der Waals surface area contributed by atoms with Crippen LogP contribution in [0.1, 0.15) is 12.5 Å². The van der Waals surface area contributed by atoms with Crippen LogP contribution in [0.5, 0.6) is 23.1 Å². The lowest BCUT2D eigenvalue weighted by Gasteiger charge is -2.12. The van der Waals surface area contributed by atoms with E-state index in [1.54, 1.807) is 37.3 Å². The summed E-state index contributed by atoms with van der Waals surface area (Å²) in [5.41, 5.74) is -0.737. The van der Waals surface area contributed by atoms with Crippen molar-refractivity contribution in [3.8, 4) is 29.2 Å². The van der Waals surface area contributed by atoms with Gasteiger partial charge in [0.05, 0.1) is 23.2 Å². The summed E-state index contributed by atoms with van der Waals surface area (Å²) in [5, 5.41) is 22.9. The average molecular weight is 513 g/mol. The van der Waals surface area contributed by atoms with E-state index in [-0.39, 0.29) is 23.7 Å². The normalized spacial score (nSPS) is 10.7. The van der Waals surface area contributed by atoms with Crippen molar-refractivity contribution in [3.05, 3.63) is 64.2 Å². The summed E-state index contributed by atoms with van der Waals surface area (Å²) in [6, 6.07) is 14.6. The number of carbonyl (C=O) groups excluding carboxylic acids is 1. The molecule has 1 aromatic heterocycles. The molecule has 0 spiro atoms. The molecule has 3 rings (SSSR count). The van der Waals surface area contributed by atoms with Crippen LogP contribution in [0.2, 0.25) is 0 Å². The Bertz CT molecular complexity index is 1440. The van der Waals surface area contributed by atoms with Gasteiger partial charge in [0.15, 0.2) is 0 Å². The fourth-order valence-corrected chi connectivity index (χ4v) is 3.30. The monoisotopic (exact) mass is 513 g/mol. The number of ether oxygens (including phenoxy) is 3. The summed E-state index contributed by atoms with van der Waals surface area (Å²) in [5.74, 6) is -1.53. The summed E-state index contributed by atoms with van der Waals surface area (Å²) >= 11 is 0. The number of sulfone groups is 1. The number of para-hydroxylation sites is 1. The van der Waals surface area contributed by atoms with Crippen LogP contribution in [0.4, 0.5) is 11.5 Å². The molecule has 36 heavy (non-hydrogen) atoms. The lowest BCUT2D eigenvalue weighted by molar-refractivity contribution is -0.385. The minimum absolute atomic E-state index is 0.0674. The summed E-state index contributed by atoms with van der Waals surface area (Å²) < 4.78 is 40.3. The molecule has 14 heteroatoms. The van der Waals surface area contributed by atoms with Gasteiger partial charge in [0.25, 0.3) is 5.16 Å². The maximum Gasteiger partial charge on any atom is 0.373 e. The quantitative estimate of drug-likeness (QED) is 0.181. The number of aromatic nitrogens is 2. The predicted molar refractivity (Wildman–Crippen MR) is 125 cm³/mol. The molecule has 0 bridgehead atoms. The Morgan fingerprint density at radius 3 is 2.36 bits per heavy atom. The van der Waals surface area contributed by atoms with Crippen molar-refractivity contribution in [3.63, 3.8) is 0 Å². The van der Waals surface area contributed by atoms with Gasteiger partial charge in [-0.05, 0) is 31.2 Å². The highest BCUT2D eigenvalue weighted by Gasteiger charge is 2.30. The highest BCUT2D eigenvalue weighted by Crippen LogP contribution is 2.37. The molecule has 1 heterocycles. The lowest BCUT2D eigenvalue weighted by atomic mass is 10.2. The molecule has 2 aromatic carbocycles. The van der Waals surface area contributed by atoms with Crippen molar-refractivity contribution in [2.75, 3.05) is 24.7 Å². The number of nitro groups is 1. The smallest absolute Gasteiger partial charge is 0.373 e. The summed E-state index contributed by atoms with van der Waals surface area (Å²) in [6.45, 7) is 1.11. The number of benzene rings is 2. The highest BCUT2D eigenvalue weighted by atomic mass is 32.2. The van der Waals surface area contributed by atoms with Gasteiger partial charge < -0.3 is 19.5 Å². The average Bonchev–Trinajstić information content (AvgIpc) is 2.82. The van der Waals surface area contributed by atoms with E-state index >= 15 is 0 Å². The molecule has 0 atom stereocenters. The molecule has 13 nitrogen and oxygen atoms in total. The Morgan fingerprint density at radius 1 is 1.11 bits per heavy atom. The Labute approximate surface area is 205 Å². The molecule has 0 unspecified atom stereocenters. The number of carbonyl (C=O) groups is 1. The van der Waals surface area contributed by atoms with Crippen LogP contribution in [-0.4, -0.2) is 48.7 Å². The van der Waals surface area contributed by atoms with Crippen molar-refractivity contribution in [2.24, 2.45) is 0 Å². The standard InChI is InChI=1S/C22H19N5O8S/c1-3-33-18(28)13-24-20-19(27(29)30)21(26-22(25-20)36(2,31)32)35-17-10-14(12-23)9-16(11-17)34-15-7-5-4-6-8-15/h4-11H,3,13H2,1-2H3,(H,24,25,26). The van der Waals surface area contributed by atoms with E-state index in [1.165, 1.54) is 18.2 Å². The van der Waals surface area contributed by atoms with E-state index in [9.17, 15) is 28.6 Å². The molecule has 0 aliphatic heterocycles. The number of rotatable bonds is 10. The van der Waals surface area contributed by atoms with E-state index in [2.05, 4.69) is 15.3 Å². The van der Waals surface area contributed by atoms with Crippen molar-refractivity contribution in [1.29, 1.82) is 5.26 Å². The Hall–Kier alpha value is -4.77. The van der Waals surface area contributed by atoms with Gasteiger partial charge >= 0.3 is 17.5 Å². The molecule has 0 radical (unpaired) electrons. The van der Waals surface area contributed by atoms with Crippen molar-refractivity contribution in [1.82, 2.24) is 9.97 Å². The minimum atomic E-state index is -4.05. The van der Waals surface area contributed by atoms with Crippen molar-refractivity contribution in [2.45, 2.75) is 12.1 Å². The number of hydrogen-bond acceptors (Lipinski definition) is 12. The topological polar surface area (TPSA) is 184 Å². The van der Waals surface area contributed by atoms with E-state index in [0.29, 0.717) is 5.75 Å². The second-order valence-corrected chi connectivity index (χ2v) is 8.93. The summed E-state index contributed by atoms with van der Waals surface area (Å²) in [6.07, 6.45) is 0.801. The molecule has 1 N–H and O–H groups in total. The molecular weight excluding hydrogens is 494 g/mol. The van der Waals surface area contributed by atoms with Gasteiger partial charge in [-0.3, -0.25) is 14.9 Å². The van der Waals surface area contributed by atoms with Crippen LogP contribution in [0.25, 0.3) is 0 Å². The number of hydrogen-bond donors (Lipinski definition) is 1. The maximum absolute atomic E-state index is 12.1. The van der Waals surface area contributed by atoms with Crippen LogP contribution in [0, 0.1) is 21.4 Å². The Kier molecular flexibility index (Phi) is 7.97. The fraction of sp³-hybridized carbons (Fsp3) is 0.182. The van der Waals surface area contributed by atoms with Crippen molar-refractivity contribution < 1.29 is 32.3 Å². The molecule has 0 amide bonds. The van der Waals surface area contributed by atoms with Gasteiger partial charge in [0.2, 0.25) is 15.7 Å². The minimum Gasteiger partial charge on any atom is -0.465 e. The fourth-order valence-electron chi connectivity index (χ4n) is 2.80. The van der Waals surface area contributed by atoms with Crippen LogP contribution < -0.4 is 14.8 Å². The molecule has 186 valence electrons. The first-order chi connectivity index (χ1) is 17.1. The summed E-state index contributed by atoms with van der Waals surface area (Å²) in [4.78, 5) is 30.1. The van der Waals surface area contributed by atoms with Crippen molar-refractivity contribution >= 4 is 27.3 Å². The number of esters is 1. The zero-order valence-corrected chi connectivity index (χ0v) is 19.8. The van der Waals surface area contributed by atoms with Gasteiger partial charge in [-0.1, -0.05) is 18.2 Å². The molecule has 3 aromatic rings. The van der Waals surface area contributed by atoms with Gasteiger partial charge in [-0.15, -0.1) is 0 Å². The molecule has 0 saturated carbocycles. The van der Waals surface area contributed by atoms with Gasteiger partial charge in [0, 0.05) is 12.3 Å². The van der Waals surface area contributed by atoms with E-state index < -0.39 is 49.8 Å². The molecule has 0 aliphatic carbocycles. The Morgan fingerprint density at radius 2 is 1.78 bits per heavy atom. The third-order valence-corrected chi connectivity index (χ3v) is 5.10. The highest BCUT2D eigenvalue weighted by molar-refractivity contribution is 7.90. The maximum atomic E-state index is 12.1. The second-order valence-electron chi connectivity index (χ2n) is 7.02. The molecule has 0 aliphatic rings. The second kappa shape index (κ2) is 11.1. The third-order valence-electron chi connectivity index (χ3n) is 4.25. The number of nitriles is 1. The van der Waals surface area contributed by atoms with Gasteiger partial charge in [-0.25, -0.2) is 8.42 Å². The summed E-state index contributed by atoms with van der Waals surface area (Å²) in [7, 11) is -4.05. The van der Waals surface area contributed by atoms with Gasteiger partial charge in [-0.2, -0.15) is 15.2 Å². The lowest BCUT2D eigenvalue weighted by Crippen LogP contribution is -2.19. The van der Waals surface area contributed by atoms with Crippen LogP contribution in [-0.2, 0) is 19.4 Å². The first-order valence-corrected chi connectivity index (χ1v) is 12.1. The van der Waals surface area contributed by atoms with Crippen LogP contribution in [0.15, 0.2) is 53.7 Å². The van der Waals surface area contributed by atoms with Gasteiger partial charge in [0.1, 0.15) is 23.8 Å². The molecule has 0 fully saturated rings. The predicted octanol–water partition coefficient (Wildman–Crippen LogP) is 3.22. The first-order valence-electron chi connectivity index (χ1n) is 10.2. The zero-order valence-electron chi connectivity index (χ0n) is 19.0. The van der Waals surface area contributed by atoms with E-state index in [0.717, 1.165) is 6.26 Å². The molecular formula is C22H19N5O8S. The Balaban J connectivity index is 2.07. The number of anilines is 1. The number of nitrogens with one attached hydrogen (secondary N) is 1. The SMILES string of the molecule is CCOC(=O)CNc1nc(S(C)(=O)=O)nc(Oc2cc(C#N)cc(Oc3ccccc3)c2)c1[N+](=O)[O-].